The highest BCUT2D eigenvalue weighted by molar-refractivity contribution is 5.99. The van der Waals surface area contributed by atoms with Gasteiger partial charge in [-0.05, 0) is 23.6 Å². The van der Waals surface area contributed by atoms with Crippen molar-refractivity contribution in [1.29, 1.82) is 0 Å². The van der Waals surface area contributed by atoms with Crippen LogP contribution in [-0.4, -0.2) is 71.8 Å². The van der Waals surface area contributed by atoms with Gasteiger partial charge in [-0.2, -0.15) is 0 Å². The summed E-state index contributed by atoms with van der Waals surface area (Å²) in [6.45, 7) is 5.74. The number of carbonyl (C=O) groups is 1. The van der Waals surface area contributed by atoms with Gasteiger partial charge in [0.05, 0.1) is 19.1 Å². The van der Waals surface area contributed by atoms with Gasteiger partial charge in [-0.3, -0.25) is 9.69 Å². The lowest BCUT2D eigenvalue weighted by molar-refractivity contribution is -0.115. The third-order valence-corrected chi connectivity index (χ3v) is 4.74. The third-order valence-electron chi connectivity index (χ3n) is 4.74. The average Bonchev–Trinajstić information content (AvgIpc) is 2.93. The number of fused-ring (bicyclic) bond motifs is 1. The molecule has 1 saturated heterocycles. The van der Waals surface area contributed by atoms with Gasteiger partial charge in [0.25, 0.3) is 0 Å². The highest BCUT2D eigenvalue weighted by Gasteiger charge is 2.21. The Morgan fingerprint density at radius 1 is 1.13 bits per heavy atom. The second kappa shape index (κ2) is 7.40. The topological polar surface area (TPSA) is 76.0 Å². The van der Waals surface area contributed by atoms with Gasteiger partial charge in [0, 0.05) is 45.0 Å². The van der Waals surface area contributed by atoms with Crippen molar-refractivity contribution in [1.82, 2.24) is 9.80 Å². The van der Waals surface area contributed by atoms with Gasteiger partial charge in [-0.1, -0.05) is 12.1 Å². The number of carbonyl (C=O) groups excluding carboxylic acids is 1. The van der Waals surface area contributed by atoms with Crippen LogP contribution >= 0.6 is 0 Å². The maximum Gasteiger partial charge on any atom is 0.228 e. The van der Waals surface area contributed by atoms with Crippen molar-refractivity contribution in [2.75, 3.05) is 51.2 Å². The Kier molecular flexibility index (Phi) is 5.27. The largest absolute Gasteiger partial charge is 0.395 e. The van der Waals surface area contributed by atoms with Crippen LogP contribution in [-0.2, 0) is 11.2 Å². The minimum absolute atomic E-state index is 0.0207. The second-order valence-corrected chi connectivity index (χ2v) is 6.35. The number of hydrogen-bond donors (Lipinski definition) is 3. The van der Waals surface area contributed by atoms with Crippen LogP contribution < -0.4 is 5.32 Å². The van der Waals surface area contributed by atoms with E-state index < -0.39 is 6.10 Å². The van der Waals surface area contributed by atoms with Crippen molar-refractivity contribution in [3.05, 3.63) is 29.3 Å². The van der Waals surface area contributed by atoms with E-state index in [1.807, 2.05) is 18.2 Å². The second-order valence-electron chi connectivity index (χ2n) is 6.35. The molecule has 2 aliphatic heterocycles. The zero-order valence-electron chi connectivity index (χ0n) is 13.4. The summed E-state index contributed by atoms with van der Waals surface area (Å²) in [5.41, 5.74) is 2.73. The first-order valence-corrected chi connectivity index (χ1v) is 8.32. The number of anilines is 1. The maximum atomic E-state index is 11.4. The minimum atomic E-state index is -0.494. The van der Waals surface area contributed by atoms with Crippen LogP contribution in [0.1, 0.15) is 23.7 Å². The molecular weight excluding hydrogens is 294 g/mol. The molecule has 0 radical (unpaired) electrons. The SMILES string of the molecule is O=C1Cc2cc(C(O)CCN3CCN(CCO)CC3)ccc2N1. The predicted molar refractivity (Wildman–Crippen MR) is 88.3 cm³/mol. The Morgan fingerprint density at radius 3 is 2.52 bits per heavy atom. The first-order valence-electron chi connectivity index (χ1n) is 8.32. The molecule has 6 heteroatoms. The highest BCUT2D eigenvalue weighted by Crippen LogP contribution is 2.27. The number of nitrogens with zero attached hydrogens (tertiary/aromatic N) is 2. The third kappa shape index (κ3) is 4.09. The van der Waals surface area contributed by atoms with E-state index in [0.29, 0.717) is 12.8 Å². The van der Waals surface area contributed by atoms with E-state index in [-0.39, 0.29) is 12.5 Å². The standard InChI is InChI=1S/C17H25N3O3/c21-10-9-20-7-5-19(6-8-20)4-3-16(22)13-1-2-15-14(11-13)12-17(23)18-15/h1-2,11,16,21-22H,3-10,12H2,(H,18,23). The molecule has 2 heterocycles. The summed E-state index contributed by atoms with van der Waals surface area (Å²) in [6, 6.07) is 5.72. The molecule has 23 heavy (non-hydrogen) atoms. The van der Waals surface area contributed by atoms with Crippen molar-refractivity contribution in [2.45, 2.75) is 18.9 Å². The van der Waals surface area contributed by atoms with Crippen molar-refractivity contribution < 1.29 is 15.0 Å². The van der Waals surface area contributed by atoms with E-state index in [0.717, 1.165) is 56.1 Å². The molecule has 126 valence electrons. The highest BCUT2D eigenvalue weighted by atomic mass is 16.3. The fourth-order valence-corrected chi connectivity index (χ4v) is 3.31. The van der Waals surface area contributed by atoms with Gasteiger partial charge < -0.3 is 20.4 Å². The molecule has 1 aromatic rings. The first-order chi connectivity index (χ1) is 11.2. The summed E-state index contributed by atoms with van der Waals surface area (Å²) >= 11 is 0. The van der Waals surface area contributed by atoms with E-state index in [9.17, 15) is 9.90 Å². The number of amides is 1. The Labute approximate surface area is 136 Å². The van der Waals surface area contributed by atoms with Gasteiger partial charge in [0.2, 0.25) is 5.91 Å². The normalized spacial score (nSPS) is 20.3. The quantitative estimate of drug-likeness (QED) is 0.699. The molecule has 0 aromatic heterocycles. The number of rotatable bonds is 6. The summed E-state index contributed by atoms with van der Waals surface area (Å²) in [5.74, 6) is 0.0207. The van der Waals surface area contributed by atoms with Gasteiger partial charge >= 0.3 is 0 Å². The Bertz CT molecular complexity index is 556. The van der Waals surface area contributed by atoms with Crippen molar-refractivity contribution in [2.24, 2.45) is 0 Å². The molecule has 6 nitrogen and oxygen atoms in total. The molecule has 1 unspecified atom stereocenters. The van der Waals surface area contributed by atoms with Crippen LogP contribution in [0.25, 0.3) is 0 Å². The van der Waals surface area contributed by atoms with Crippen LogP contribution in [0, 0.1) is 0 Å². The summed E-state index contributed by atoms with van der Waals surface area (Å²) in [7, 11) is 0. The number of hydrogen-bond acceptors (Lipinski definition) is 5. The van der Waals surface area contributed by atoms with Crippen LogP contribution in [0.2, 0.25) is 0 Å². The number of nitrogens with one attached hydrogen (secondary N) is 1. The zero-order valence-corrected chi connectivity index (χ0v) is 13.4. The minimum Gasteiger partial charge on any atom is -0.395 e. The van der Waals surface area contributed by atoms with Crippen molar-refractivity contribution >= 4 is 11.6 Å². The first kappa shape index (κ1) is 16.4. The summed E-state index contributed by atoms with van der Waals surface area (Å²) in [6.07, 6.45) is 0.606. The van der Waals surface area contributed by atoms with Crippen molar-refractivity contribution in [3.8, 4) is 0 Å². The molecule has 0 bridgehead atoms. The molecule has 2 aliphatic rings. The number of benzene rings is 1. The maximum absolute atomic E-state index is 11.4. The van der Waals surface area contributed by atoms with Crippen LogP contribution in [0.3, 0.4) is 0 Å². The number of aliphatic hydroxyl groups excluding tert-OH is 2. The lowest BCUT2D eigenvalue weighted by Crippen LogP contribution is -2.47. The molecule has 1 aromatic carbocycles. The van der Waals surface area contributed by atoms with Gasteiger partial charge in [-0.15, -0.1) is 0 Å². The summed E-state index contributed by atoms with van der Waals surface area (Å²) in [5, 5.41) is 22.2. The number of β-amino-alcohol motifs (C(OH)–C–C–N with tert-alkyl or cyclic N) is 1. The van der Waals surface area contributed by atoms with E-state index in [2.05, 4.69) is 15.1 Å². The molecule has 3 rings (SSSR count). The van der Waals surface area contributed by atoms with Crippen molar-refractivity contribution in [3.63, 3.8) is 0 Å². The molecule has 1 amide bonds. The fraction of sp³-hybridized carbons (Fsp3) is 0.588. The number of piperazine rings is 1. The lowest BCUT2D eigenvalue weighted by atomic mass is 10.0. The monoisotopic (exact) mass is 319 g/mol. The summed E-state index contributed by atoms with van der Waals surface area (Å²) in [4.78, 5) is 16.0. The van der Waals surface area contributed by atoms with E-state index in [1.165, 1.54) is 0 Å². The average molecular weight is 319 g/mol. The molecule has 0 spiro atoms. The van der Waals surface area contributed by atoms with E-state index in [1.54, 1.807) is 0 Å². The van der Waals surface area contributed by atoms with E-state index in [4.69, 9.17) is 5.11 Å². The van der Waals surface area contributed by atoms with Gasteiger partial charge in [-0.25, -0.2) is 0 Å². The Morgan fingerprint density at radius 2 is 1.83 bits per heavy atom. The smallest absolute Gasteiger partial charge is 0.228 e. The Balaban J connectivity index is 1.48. The zero-order chi connectivity index (χ0) is 16.2. The Hall–Kier alpha value is -1.47. The molecule has 0 saturated carbocycles. The summed E-state index contributed by atoms with van der Waals surface area (Å²) < 4.78 is 0. The molecule has 3 N–H and O–H groups in total. The lowest BCUT2D eigenvalue weighted by Gasteiger charge is -2.34. The van der Waals surface area contributed by atoms with Crippen LogP contribution in [0.4, 0.5) is 5.69 Å². The van der Waals surface area contributed by atoms with Crippen LogP contribution in [0.5, 0.6) is 0 Å². The van der Waals surface area contributed by atoms with Gasteiger partial charge in [0.15, 0.2) is 0 Å². The fourth-order valence-electron chi connectivity index (χ4n) is 3.31. The van der Waals surface area contributed by atoms with Crippen LogP contribution in [0.15, 0.2) is 18.2 Å². The van der Waals surface area contributed by atoms with E-state index >= 15 is 0 Å². The molecule has 1 atom stereocenters. The molecule has 1 fully saturated rings. The molecule has 0 aliphatic carbocycles. The molecular formula is C17H25N3O3. The predicted octanol–water partition coefficient (Wildman–Crippen LogP) is 0.215. The number of aliphatic hydroxyl groups is 2. The van der Waals surface area contributed by atoms with Gasteiger partial charge in [0.1, 0.15) is 0 Å².